The van der Waals surface area contributed by atoms with Crippen LogP contribution in [0.3, 0.4) is 0 Å². The smallest absolute Gasteiger partial charge is 0.317 e. The van der Waals surface area contributed by atoms with E-state index in [4.69, 9.17) is 5.11 Å². The standard InChI is InChI=1S/C13H18N2O4/c1-10(2)14(9-13(16)17)8-7-11-3-5-12(6-4-11)15(18)19/h3-6,10H,7-9H2,1-2H3,(H,16,17). The molecule has 0 saturated carbocycles. The molecule has 0 aliphatic heterocycles. The van der Waals surface area contributed by atoms with E-state index >= 15 is 0 Å². The molecule has 0 heterocycles. The highest BCUT2D eigenvalue weighted by Crippen LogP contribution is 2.13. The molecule has 6 heteroatoms. The number of nitro groups is 1. The fourth-order valence-electron chi connectivity index (χ4n) is 1.75. The van der Waals surface area contributed by atoms with Crippen LogP contribution in [0.2, 0.25) is 0 Å². The Kier molecular flexibility index (Phi) is 5.44. The molecule has 104 valence electrons. The van der Waals surface area contributed by atoms with Crippen molar-refractivity contribution in [1.82, 2.24) is 4.90 Å². The van der Waals surface area contributed by atoms with Gasteiger partial charge in [-0.05, 0) is 25.8 Å². The van der Waals surface area contributed by atoms with Crippen molar-refractivity contribution >= 4 is 11.7 Å². The molecular weight excluding hydrogens is 248 g/mol. The molecule has 6 nitrogen and oxygen atoms in total. The van der Waals surface area contributed by atoms with E-state index < -0.39 is 10.9 Å². The van der Waals surface area contributed by atoms with Gasteiger partial charge in [0.1, 0.15) is 0 Å². The first-order valence-corrected chi connectivity index (χ1v) is 6.09. The Morgan fingerprint density at radius 1 is 1.37 bits per heavy atom. The van der Waals surface area contributed by atoms with Crippen molar-refractivity contribution in [2.45, 2.75) is 26.3 Å². The Bertz CT molecular complexity index is 442. The largest absolute Gasteiger partial charge is 0.480 e. The number of nitro benzene ring substituents is 1. The van der Waals surface area contributed by atoms with E-state index in [-0.39, 0.29) is 18.3 Å². The molecule has 0 aliphatic carbocycles. The number of hydrogen-bond acceptors (Lipinski definition) is 4. The second kappa shape index (κ2) is 6.84. The minimum absolute atomic E-state index is 0.00461. The fraction of sp³-hybridized carbons (Fsp3) is 0.462. The summed E-state index contributed by atoms with van der Waals surface area (Å²) in [6.07, 6.45) is 0.670. The summed E-state index contributed by atoms with van der Waals surface area (Å²) in [5.74, 6) is -0.850. The molecule has 19 heavy (non-hydrogen) atoms. The van der Waals surface area contributed by atoms with Crippen molar-refractivity contribution in [2.24, 2.45) is 0 Å². The highest BCUT2D eigenvalue weighted by Gasteiger charge is 2.13. The van der Waals surface area contributed by atoms with Gasteiger partial charge in [-0.2, -0.15) is 0 Å². The SMILES string of the molecule is CC(C)N(CCc1ccc([N+](=O)[O-])cc1)CC(=O)O. The van der Waals surface area contributed by atoms with Crippen molar-refractivity contribution in [1.29, 1.82) is 0 Å². The van der Waals surface area contributed by atoms with E-state index in [0.29, 0.717) is 13.0 Å². The molecule has 0 aliphatic rings. The molecule has 0 saturated heterocycles. The summed E-state index contributed by atoms with van der Waals surface area (Å²) < 4.78 is 0. The van der Waals surface area contributed by atoms with Crippen LogP contribution in [0.5, 0.6) is 0 Å². The van der Waals surface area contributed by atoms with Crippen LogP contribution in [0.4, 0.5) is 5.69 Å². The van der Waals surface area contributed by atoms with Crippen molar-refractivity contribution in [3.63, 3.8) is 0 Å². The monoisotopic (exact) mass is 266 g/mol. The molecule has 0 bridgehead atoms. The fourth-order valence-corrected chi connectivity index (χ4v) is 1.75. The zero-order chi connectivity index (χ0) is 14.4. The van der Waals surface area contributed by atoms with Crippen LogP contribution in [0.1, 0.15) is 19.4 Å². The molecule has 0 radical (unpaired) electrons. The molecule has 0 unspecified atom stereocenters. The summed E-state index contributed by atoms with van der Waals surface area (Å²) in [5.41, 5.74) is 1.02. The van der Waals surface area contributed by atoms with E-state index in [9.17, 15) is 14.9 Å². The first-order valence-electron chi connectivity index (χ1n) is 6.09. The van der Waals surface area contributed by atoms with Crippen LogP contribution < -0.4 is 0 Å². The van der Waals surface area contributed by atoms with Gasteiger partial charge in [-0.15, -0.1) is 0 Å². The van der Waals surface area contributed by atoms with E-state index in [0.717, 1.165) is 5.56 Å². The van der Waals surface area contributed by atoms with Gasteiger partial charge in [0, 0.05) is 24.7 Å². The number of aliphatic carboxylic acids is 1. The quantitative estimate of drug-likeness (QED) is 0.602. The lowest BCUT2D eigenvalue weighted by atomic mass is 10.1. The van der Waals surface area contributed by atoms with Crippen molar-refractivity contribution < 1.29 is 14.8 Å². The number of rotatable bonds is 7. The molecule has 1 rings (SSSR count). The molecular formula is C13H18N2O4. The van der Waals surface area contributed by atoms with Gasteiger partial charge in [0.2, 0.25) is 0 Å². The highest BCUT2D eigenvalue weighted by molar-refractivity contribution is 5.69. The Morgan fingerprint density at radius 2 is 1.95 bits per heavy atom. The second-order valence-electron chi connectivity index (χ2n) is 4.63. The summed E-state index contributed by atoms with van der Waals surface area (Å²) in [4.78, 5) is 22.7. The van der Waals surface area contributed by atoms with E-state index in [1.807, 2.05) is 18.7 Å². The van der Waals surface area contributed by atoms with Gasteiger partial charge >= 0.3 is 5.97 Å². The van der Waals surface area contributed by atoms with Gasteiger partial charge < -0.3 is 5.11 Å². The zero-order valence-electron chi connectivity index (χ0n) is 11.1. The molecule has 0 atom stereocenters. The Labute approximate surface area is 111 Å². The maximum absolute atomic E-state index is 10.7. The maximum Gasteiger partial charge on any atom is 0.317 e. The maximum atomic E-state index is 10.7. The van der Waals surface area contributed by atoms with Gasteiger partial charge in [-0.3, -0.25) is 19.8 Å². The summed E-state index contributed by atoms with van der Waals surface area (Å²) in [6.45, 7) is 4.50. The van der Waals surface area contributed by atoms with Gasteiger partial charge in [0.05, 0.1) is 11.5 Å². The lowest BCUT2D eigenvalue weighted by molar-refractivity contribution is -0.384. The van der Waals surface area contributed by atoms with Crippen LogP contribution in [0, 0.1) is 10.1 Å². The topological polar surface area (TPSA) is 83.7 Å². The summed E-state index contributed by atoms with van der Waals surface area (Å²) in [5, 5.41) is 19.3. The Hall–Kier alpha value is -1.95. The summed E-state index contributed by atoms with van der Waals surface area (Å²) in [6, 6.07) is 6.49. The number of hydrogen-bond donors (Lipinski definition) is 1. The average molecular weight is 266 g/mol. The first kappa shape index (κ1) is 15.1. The van der Waals surface area contributed by atoms with Gasteiger partial charge in [0.15, 0.2) is 0 Å². The average Bonchev–Trinajstić information content (AvgIpc) is 2.34. The number of benzene rings is 1. The van der Waals surface area contributed by atoms with Crippen LogP contribution >= 0.6 is 0 Å². The van der Waals surface area contributed by atoms with E-state index in [2.05, 4.69) is 0 Å². The minimum Gasteiger partial charge on any atom is -0.480 e. The predicted molar refractivity (Wildman–Crippen MR) is 71.1 cm³/mol. The number of non-ortho nitro benzene ring substituents is 1. The van der Waals surface area contributed by atoms with Crippen molar-refractivity contribution in [2.75, 3.05) is 13.1 Å². The Morgan fingerprint density at radius 3 is 2.37 bits per heavy atom. The Balaban J connectivity index is 2.58. The van der Waals surface area contributed by atoms with Crippen LogP contribution in [0.15, 0.2) is 24.3 Å². The molecule has 0 amide bonds. The highest BCUT2D eigenvalue weighted by atomic mass is 16.6. The van der Waals surface area contributed by atoms with Crippen LogP contribution in [-0.2, 0) is 11.2 Å². The third-order valence-electron chi connectivity index (χ3n) is 2.90. The first-order chi connectivity index (χ1) is 8.90. The lowest BCUT2D eigenvalue weighted by Crippen LogP contribution is -2.37. The summed E-state index contributed by atoms with van der Waals surface area (Å²) in [7, 11) is 0. The molecule has 0 aromatic heterocycles. The van der Waals surface area contributed by atoms with Crippen LogP contribution in [0.25, 0.3) is 0 Å². The van der Waals surface area contributed by atoms with Gasteiger partial charge in [-0.25, -0.2) is 0 Å². The van der Waals surface area contributed by atoms with Gasteiger partial charge in [-0.1, -0.05) is 12.1 Å². The third kappa shape index (κ3) is 5.05. The van der Waals surface area contributed by atoms with E-state index in [1.165, 1.54) is 12.1 Å². The van der Waals surface area contributed by atoms with Gasteiger partial charge in [0.25, 0.3) is 5.69 Å². The number of carboxylic acid groups (broad SMARTS) is 1. The molecule has 1 aromatic carbocycles. The minimum atomic E-state index is -0.850. The number of carbonyl (C=O) groups is 1. The van der Waals surface area contributed by atoms with Crippen LogP contribution in [-0.4, -0.2) is 40.0 Å². The predicted octanol–water partition coefficient (Wildman–Crippen LogP) is 1.93. The molecule has 0 fully saturated rings. The van der Waals surface area contributed by atoms with Crippen molar-refractivity contribution in [3.05, 3.63) is 39.9 Å². The molecule has 0 spiro atoms. The van der Waals surface area contributed by atoms with E-state index in [1.54, 1.807) is 12.1 Å². The summed E-state index contributed by atoms with van der Waals surface area (Å²) >= 11 is 0. The third-order valence-corrected chi connectivity index (χ3v) is 2.90. The van der Waals surface area contributed by atoms with Crippen molar-refractivity contribution in [3.8, 4) is 0 Å². The molecule has 1 aromatic rings. The number of carboxylic acids is 1. The normalized spacial score (nSPS) is 10.9. The second-order valence-corrected chi connectivity index (χ2v) is 4.63. The molecule has 1 N–H and O–H groups in total. The zero-order valence-corrected chi connectivity index (χ0v) is 11.1. The lowest BCUT2D eigenvalue weighted by Gasteiger charge is -2.24. The number of nitrogens with zero attached hydrogens (tertiary/aromatic N) is 2.